The lowest BCUT2D eigenvalue weighted by Crippen LogP contribution is -2.19. The van der Waals surface area contributed by atoms with Crippen molar-refractivity contribution in [2.45, 2.75) is 19.8 Å². The van der Waals surface area contributed by atoms with Gasteiger partial charge in [-0.3, -0.25) is 4.79 Å². The van der Waals surface area contributed by atoms with Crippen molar-refractivity contribution in [2.75, 3.05) is 21.3 Å². The summed E-state index contributed by atoms with van der Waals surface area (Å²) in [5.74, 6) is 0.972. The van der Waals surface area contributed by atoms with Crippen LogP contribution < -0.4 is 19.6 Å². The maximum Gasteiger partial charge on any atom is 0.271 e. The molecule has 2 rings (SSSR count). The number of benzene rings is 1. The van der Waals surface area contributed by atoms with Crippen molar-refractivity contribution >= 4 is 11.6 Å². The highest BCUT2D eigenvalue weighted by Gasteiger charge is 2.17. The summed E-state index contributed by atoms with van der Waals surface area (Å²) in [6, 6.07) is 3.18. The van der Waals surface area contributed by atoms with Crippen molar-refractivity contribution < 1.29 is 19.0 Å². The predicted molar refractivity (Wildman–Crippen MR) is 84.0 cm³/mol. The molecule has 0 radical (unpaired) electrons. The summed E-state index contributed by atoms with van der Waals surface area (Å²) in [6.45, 7) is 2.05. The second-order valence-electron chi connectivity index (χ2n) is 4.95. The molecule has 0 aromatic heterocycles. The SMILES string of the molecule is COc1cc(C(=O)N/N=C2\C=C(C)CC2)cc(OC)c1OC. The molecule has 1 aromatic rings. The topological polar surface area (TPSA) is 69.2 Å². The number of amides is 1. The van der Waals surface area contributed by atoms with Gasteiger partial charge in [0.2, 0.25) is 5.75 Å². The number of hydrazone groups is 1. The Morgan fingerprint density at radius 2 is 1.73 bits per heavy atom. The fraction of sp³-hybridized carbons (Fsp3) is 0.375. The molecule has 1 aliphatic carbocycles. The average Bonchev–Trinajstić information content (AvgIpc) is 2.96. The Morgan fingerprint density at radius 3 is 2.18 bits per heavy atom. The molecule has 0 spiro atoms. The van der Waals surface area contributed by atoms with Gasteiger partial charge < -0.3 is 14.2 Å². The number of nitrogens with zero attached hydrogens (tertiary/aromatic N) is 1. The second-order valence-corrected chi connectivity index (χ2v) is 4.95. The lowest BCUT2D eigenvalue weighted by atomic mass is 10.1. The number of rotatable bonds is 5. The normalized spacial score (nSPS) is 15.5. The largest absolute Gasteiger partial charge is 0.493 e. The van der Waals surface area contributed by atoms with E-state index in [9.17, 15) is 4.79 Å². The summed E-state index contributed by atoms with van der Waals surface area (Å²) >= 11 is 0. The molecule has 1 amide bonds. The number of methoxy groups -OCH3 is 3. The van der Waals surface area contributed by atoms with Crippen LogP contribution in [-0.2, 0) is 0 Å². The highest BCUT2D eigenvalue weighted by Crippen LogP contribution is 2.38. The van der Waals surface area contributed by atoms with Gasteiger partial charge in [-0.2, -0.15) is 5.10 Å². The number of nitrogens with one attached hydrogen (secondary N) is 1. The Morgan fingerprint density at radius 1 is 1.09 bits per heavy atom. The van der Waals surface area contributed by atoms with Gasteiger partial charge in [0.05, 0.1) is 27.0 Å². The van der Waals surface area contributed by atoms with E-state index >= 15 is 0 Å². The zero-order valence-corrected chi connectivity index (χ0v) is 13.2. The molecular weight excluding hydrogens is 284 g/mol. The minimum absolute atomic E-state index is 0.329. The van der Waals surface area contributed by atoms with Gasteiger partial charge in [-0.05, 0) is 38.0 Å². The van der Waals surface area contributed by atoms with Crippen LogP contribution in [-0.4, -0.2) is 32.9 Å². The summed E-state index contributed by atoms with van der Waals surface area (Å²) in [6.07, 6.45) is 3.82. The van der Waals surface area contributed by atoms with Crippen LogP contribution in [0.5, 0.6) is 17.2 Å². The number of carbonyl (C=O) groups excluding carboxylic acids is 1. The molecule has 6 nitrogen and oxygen atoms in total. The summed E-state index contributed by atoms with van der Waals surface area (Å²) in [4.78, 5) is 12.2. The maximum atomic E-state index is 12.2. The Kier molecular flexibility index (Phi) is 5.04. The molecule has 22 heavy (non-hydrogen) atoms. The quantitative estimate of drug-likeness (QED) is 0.849. The van der Waals surface area contributed by atoms with Gasteiger partial charge >= 0.3 is 0 Å². The van der Waals surface area contributed by atoms with Gasteiger partial charge in [-0.1, -0.05) is 5.57 Å². The fourth-order valence-electron chi connectivity index (χ4n) is 2.24. The number of hydrogen-bond acceptors (Lipinski definition) is 5. The van der Waals surface area contributed by atoms with Crippen LogP contribution in [0.15, 0.2) is 28.9 Å². The molecule has 0 fully saturated rings. The van der Waals surface area contributed by atoms with Crippen LogP contribution in [0.4, 0.5) is 0 Å². The lowest BCUT2D eigenvalue weighted by molar-refractivity contribution is 0.0954. The van der Waals surface area contributed by atoms with Crippen molar-refractivity contribution in [2.24, 2.45) is 5.10 Å². The van der Waals surface area contributed by atoms with Crippen molar-refractivity contribution in [1.29, 1.82) is 0 Å². The smallest absolute Gasteiger partial charge is 0.271 e. The zero-order chi connectivity index (χ0) is 16.1. The first kappa shape index (κ1) is 15.9. The van der Waals surface area contributed by atoms with E-state index in [-0.39, 0.29) is 5.91 Å². The van der Waals surface area contributed by atoms with E-state index in [4.69, 9.17) is 14.2 Å². The van der Waals surface area contributed by atoms with E-state index in [0.717, 1.165) is 18.6 Å². The van der Waals surface area contributed by atoms with Crippen LogP contribution >= 0.6 is 0 Å². The van der Waals surface area contributed by atoms with E-state index in [1.54, 1.807) is 12.1 Å². The molecule has 0 saturated heterocycles. The number of allylic oxidation sites excluding steroid dienone is 2. The molecule has 0 unspecified atom stereocenters. The Hall–Kier alpha value is -2.50. The molecule has 1 N–H and O–H groups in total. The molecular formula is C16H20N2O4. The molecule has 1 aromatic carbocycles. The van der Waals surface area contributed by atoms with Gasteiger partial charge in [-0.15, -0.1) is 0 Å². The van der Waals surface area contributed by atoms with Gasteiger partial charge in [0.1, 0.15) is 0 Å². The van der Waals surface area contributed by atoms with Crippen molar-refractivity contribution in [3.8, 4) is 17.2 Å². The van der Waals surface area contributed by atoms with Crippen molar-refractivity contribution in [3.05, 3.63) is 29.3 Å². The third-order valence-electron chi connectivity index (χ3n) is 3.42. The van der Waals surface area contributed by atoms with Gasteiger partial charge in [0, 0.05) is 5.56 Å². The Bertz CT molecular complexity index is 610. The molecule has 0 heterocycles. The number of hydrogen-bond donors (Lipinski definition) is 1. The minimum atomic E-state index is -0.329. The monoisotopic (exact) mass is 304 g/mol. The van der Waals surface area contributed by atoms with Crippen LogP contribution in [0, 0.1) is 0 Å². The van der Waals surface area contributed by atoms with Gasteiger partial charge in [0.25, 0.3) is 5.91 Å². The summed E-state index contributed by atoms with van der Waals surface area (Å²) in [5, 5.41) is 4.13. The van der Waals surface area contributed by atoms with Crippen LogP contribution in [0.2, 0.25) is 0 Å². The first-order valence-corrected chi connectivity index (χ1v) is 6.93. The molecule has 0 bridgehead atoms. The number of carbonyl (C=O) groups is 1. The zero-order valence-electron chi connectivity index (χ0n) is 13.2. The highest BCUT2D eigenvalue weighted by atomic mass is 16.5. The number of ether oxygens (including phenoxy) is 3. The molecule has 118 valence electrons. The van der Waals surface area contributed by atoms with E-state index < -0.39 is 0 Å². The average molecular weight is 304 g/mol. The molecule has 0 saturated carbocycles. The fourth-order valence-corrected chi connectivity index (χ4v) is 2.24. The Labute approximate surface area is 129 Å². The molecule has 1 aliphatic rings. The summed E-state index contributed by atoms with van der Waals surface area (Å²) in [7, 11) is 4.53. The van der Waals surface area contributed by atoms with E-state index in [1.165, 1.54) is 26.9 Å². The summed E-state index contributed by atoms with van der Waals surface area (Å²) < 4.78 is 15.7. The molecule has 0 atom stereocenters. The van der Waals surface area contributed by atoms with Crippen LogP contribution in [0.3, 0.4) is 0 Å². The van der Waals surface area contributed by atoms with Crippen molar-refractivity contribution in [1.82, 2.24) is 5.43 Å². The lowest BCUT2D eigenvalue weighted by Gasteiger charge is -2.13. The van der Waals surface area contributed by atoms with E-state index in [2.05, 4.69) is 10.5 Å². The Balaban J connectivity index is 2.22. The minimum Gasteiger partial charge on any atom is -0.493 e. The highest BCUT2D eigenvalue weighted by molar-refractivity contribution is 6.00. The molecule has 0 aliphatic heterocycles. The summed E-state index contributed by atoms with van der Waals surface area (Å²) in [5.41, 5.74) is 5.08. The first-order chi connectivity index (χ1) is 10.6. The van der Waals surface area contributed by atoms with Gasteiger partial charge in [0.15, 0.2) is 11.5 Å². The van der Waals surface area contributed by atoms with E-state index in [0.29, 0.717) is 22.8 Å². The third kappa shape index (κ3) is 3.39. The maximum absolute atomic E-state index is 12.2. The van der Waals surface area contributed by atoms with E-state index in [1.807, 2.05) is 13.0 Å². The standard InChI is InChI=1S/C16H20N2O4/c1-10-5-6-12(7-10)17-18-16(19)11-8-13(20-2)15(22-4)14(9-11)21-3/h7-9H,5-6H2,1-4H3,(H,18,19)/b17-12-. The second kappa shape index (κ2) is 6.98. The predicted octanol–water partition coefficient (Wildman–Crippen LogP) is 2.54. The van der Waals surface area contributed by atoms with Crippen LogP contribution in [0.25, 0.3) is 0 Å². The third-order valence-corrected chi connectivity index (χ3v) is 3.42. The van der Waals surface area contributed by atoms with Gasteiger partial charge in [-0.25, -0.2) is 5.43 Å². The van der Waals surface area contributed by atoms with Crippen LogP contribution in [0.1, 0.15) is 30.1 Å². The first-order valence-electron chi connectivity index (χ1n) is 6.93. The molecule has 6 heteroatoms. The van der Waals surface area contributed by atoms with Crippen molar-refractivity contribution in [3.63, 3.8) is 0 Å².